The number of rotatable bonds is 6. The number of hydrogen-bond donors (Lipinski definition) is 2. The van der Waals surface area contributed by atoms with Crippen molar-refractivity contribution in [2.75, 3.05) is 26.1 Å². The molecular weight excluding hydrogens is 502 g/mol. The molecular formula is C28H33F4N3O3. The van der Waals surface area contributed by atoms with Crippen LogP contribution in [-0.2, 0) is 11.6 Å². The maximum absolute atomic E-state index is 13.8. The number of urea groups is 1. The van der Waals surface area contributed by atoms with Crippen LogP contribution in [0.3, 0.4) is 0 Å². The number of carbonyl (C=O) groups excluding carboxylic acids is 1. The summed E-state index contributed by atoms with van der Waals surface area (Å²) in [5, 5.41) is 5.33. The Labute approximate surface area is 219 Å². The number of nitrogens with one attached hydrogen (secondary N) is 2. The van der Waals surface area contributed by atoms with E-state index in [-0.39, 0.29) is 23.2 Å². The van der Waals surface area contributed by atoms with Gasteiger partial charge in [0.05, 0.1) is 19.8 Å². The number of alkyl halides is 3. The van der Waals surface area contributed by atoms with Gasteiger partial charge in [-0.1, -0.05) is 12.5 Å². The van der Waals surface area contributed by atoms with E-state index in [0.717, 1.165) is 50.8 Å². The average Bonchev–Trinajstić information content (AvgIpc) is 3.21. The Morgan fingerprint density at radius 1 is 1.03 bits per heavy atom. The van der Waals surface area contributed by atoms with Crippen LogP contribution in [0.25, 0.3) is 0 Å². The summed E-state index contributed by atoms with van der Waals surface area (Å²) in [6.45, 7) is 0.978. The molecule has 38 heavy (non-hydrogen) atoms. The van der Waals surface area contributed by atoms with Gasteiger partial charge in [0.15, 0.2) is 11.5 Å². The fourth-order valence-electron chi connectivity index (χ4n) is 6.53. The highest BCUT2D eigenvalue weighted by molar-refractivity contribution is 5.89. The monoisotopic (exact) mass is 535 g/mol. The van der Waals surface area contributed by atoms with Crippen molar-refractivity contribution >= 4 is 11.7 Å². The molecule has 3 fully saturated rings. The fraction of sp³-hybridized carbons (Fsp3) is 0.536. The second kappa shape index (κ2) is 10.3. The second-order valence-corrected chi connectivity index (χ2v) is 10.6. The minimum atomic E-state index is -4.71. The Kier molecular flexibility index (Phi) is 7.19. The van der Waals surface area contributed by atoms with Gasteiger partial charge >= 0.3 is 12.2 Å². The molecule has 0 bridgehead atoms. The van der Waals surface area contributed by atoms with E-state index in [0.29, 0.717) is 30.0 Å². The maximum Gasteiger partial charge on any atom is 0.416 e. The maximum atomic E-state index is 13.8. The molecule has 1 heterocycles. The lowest BCUT2D eigenvalue weighted by Gasteiger charge is -2.48. The largest absolute Gasteiger partial charge is 0.493 e. The van der Waals surface area contributed by atoms with Crippen LogP contribution < -0.4 is 20.1 Å². The van der Waals surface area contributed by atoms with Crippen molar-refractivity contribution < 1.29 is 31.8 Å². The summed E-state index contributed by atoms with van der Waals surface area (Å²) in [7, 11) is 3.24. The number of benzene rings is 2. The van der Waals surface area contributed by atoms with Crippen LogP contribution in [0.5, 0.6) is 11.5 Å². The van der Waals surface area contributed by atoms with E-state index >= 15 is 0 Å². The highest BCUT2D eigenvalue weighted by atomic mass is 19.4. The van der Waals surface area contributed by atoms with E-state index in [1.54, 1.807) is 14.2 Å². The van der Waals surface area contributed by atoms with Gasteiger partial charge in [-0.05, 0) is 81.0 Å². The predicted molar refractivity (Wildman–Crippen MR) is 135 cm³/mol. The zero-order chi connectivity index (χ0) is 27.1. The van der Waals surface area contributed by atoms with Crippen molar-refractivity contribution in [2.24, 2.45) is 0 Å². The number of carbonyl (C=O) groups is 1. The summed E-state index contributed by atoms with van der Waals surface area (Å²) >= 11 is 0. The first-order valence-electron chi connectivity index (χ1n) is 13.1. The van der Waals surface area contributed by atoms with Gasteiger partial charge in [-0.3, -0.25) is 4.90 Å². The molecule has 1 saturated heterocycles. The van der Waals surface area contributed by atoms with E-state index in [4.69, 9.17) is 9.47 Å². The first-order valence-corrected chi connectivity index (χ1v) is 13.1. The van der Waals surface area contributed by atoms with E-state index in [2.05, 4.69) is 27.7 Å². The zero-order valence-corrected chi connectivity index (χ0v) is 21.5. The number of anilines is 1. The Balaban J connectivity index is 1.34. The molecule has 2 N–H and O–H groups in total. The number of hydrogen-bond acceptors (Lipinski definition) is 4. The first-order chi connectivity index (χ1) is 18.1. The molecule has 0 spiro atoms. The molecule has 2 aliphatic carbocycles. The molecule has 3 atom stereocenters. The number of amides is 2. The molecule has 5 rings (SSSR count). The van der Waals surface area contributed by atoms with Crippen LogP contribution >= 0.6 is 0 Å². The molecule has 3 aliphatic rings. The summed E-state index contributed by atoms with van der Waals surface area (Å²) < 4.78 is 64.0. The topological polar surface area (TPSA) is 62.8 Å². The zero-order valence-electron chi connectivity index (χ0n) is 21.5. The lowest BCUT2D eigenvalue weighted by atomic mass is 9.64. The molecule has 0 aromatic heterocycles. The van der Waals surface area contributed by atoms with E-state index in [1.165, 1.54) is 12.0 Å². The highest BCUT2D eigenvalue weighted by Gasteiger charge is 2.53. The number of halogens is 4. The summed E-state index contributed by atoms with van der Waals surface area (Å²) in [6, 6.07) is 8.09. The van der Waals surface area contributed by atoms with Gasteiger partial charge in [0.1, 0.15) is 5.82 Å². The van der Waals surface area contributed by atoms with Crippen molar-refractivity contribution in [1.29, 1.82) is 0 Å². The van der Waals surface area contributed by atoms with Crippen molar-refractivity contribution in [3.05, 3.63) is 53.3 Å². The highest BCUT2D eigenvalue weighted by Crippen LogP contribution is 2.52. The van der Waals surface area contributed by atoms with Crippen molar-refractivity contribution in [2.45, 2.75) is 74.7 Å². The molecule has 2 aromatic carbocycles. The molecule has 10 heteroatoms. The van der Waals surface area contributed by atoms with Crippen LogP contribution in [0.2, 0.25) is 0 Å². The summed E-state index contributed by atoms with van der Waals surface area (Å²) in [6.07, 6.45) is 2.12. The first kappa shape index (κ1) is 26.6. The normalized spacial score (nSPS) is 25.8. The van der Waals surface area contributed by atoms with Crippen LogP contribution in [0, 0.1) is 5.82 Å². The summed E-state index contributed by atoms with van der Waals surface area (Å²) in [5.74, 6) is 0.304. The van der Waals surface area contributed by atoms with Crippen molar-refractivity contribution in [3.8, 4) is 11.5 Å². The number of methoxy groups -OCH3 is 2. The third-order valence-electron chi connectivity index (χ3n) is 8.62. The fourth-order valence-corrected chi connectivity index (χ4v) is 6.53. The number of likely N-dealkylation sites (tertiary alicyclic amines) is 1. The molecule has 0 radical (unpaired) electrons. The Hall–Kier alpha value is -3.01. The third-order valence-corrected chi connectivity index (χ3v) is 8.62. The molecule has 2 saturated carbocycles. The van der Waals surface area contributed by atoms with E-state index < -0.39 is 23.6 Å². The quantitative estimate of drug-likeness (QED) is 0.439. The lowest BCUT2D eigenvalue weighted by Crippen LogP contribution is -2.55. The average molecular weight is 536 g/mol. The van der Waals surface area contributed by atoms with Crippen molar-refractivity contribution in [3.63, 3.8) is 0 Å². The Bertz CT molecular complexity index is 1190. The smallest absolute Gasteiger partial charge is 0.416 e. The van der Waals surface area contributed by atoms with Gasteiger partial charge in [0.2, 0.25) is 0 Å². The third kappa shape index (κ3) is 5.02. The number of fused-ring (bicyclic) bond motifs is 1. The van der Waals surface area contributed by atoms with Crippen LogP contribution in [-0.4, -0.2) is 49.8 Å². The van der Waals surface area contributed by atoms with Crippen LogP contribution in [0.1, 0.15) is 56.1 Å². The molecule has 1 aliphatic heterocycles. The minimum Gasteiger partial charge on any atom is -0.493 e. The Morgan fingerprint density at radius 2 is 1.79 bits per heavy atom. The minimum absolute atomic E-state index is 0.0893. The number of ether oxygens (including phenoxy) is 2. The summed E-state index contributed by atoms with van der Waals surface area (Å²) in [4.78, 5) is 15.4. The standard InChI is InChI=1S/C28H33F4N3O3/c1-37-23-7-6-17(14-24(23)38-2)27-9-8-20(16-25(27)35(11-10-27)22-4-3-5-22)33-26(36)34-21-13-18(28(30,31)32)12-19(29)15-21/h6-7,12-15,20,22,25H,3-5,8-11,16H2,1-2H3,(H2,33,34,36)/t20-,25+,27-/m0/s1. The van der Waals surface area contributed by atoms with E-state index in [9.17, 15) is 22.4 Å². The van der Waals surface area contributed by atoms with Gasteiger partial charge in [-0.2, -0.15) is 13.2 Å². The molecule has 6 nitrogen and oxygen atoms in total. The van der Waals surface area contributed by atoms with Gasteiger partial charge < -0.3 is 20.1 Å². The van der Waals surface area contributed by atoms with Gasteiger partial charge in [-0.15, -0.1) is 0 Å². The Morgan fingerprint density at radius 3 is 2.45 bits per heavy atom. The van der Waals surface area contributed by atoms with Gasteiger partial charge in [-0.25, -0.2) is 9.18 Å². The van der Waals surface area contributed by atoms with Crippen LogP contribution in [0.4, 0.5) is 28.0 Å². The molecule has 206 valence electrons. The van der Waals surface area contributed by atoms with Gasteiger partial charge in [0, 0.05) is 29.2 Å². The molecule has 2 amide bonds. The molecule has 2 aromatic rings. The second-order valence-electron chi connectivity index (χ2n) is 10.6. The predicted octanol–water partition coefficient (Wildman–Crippen LogP) is 6.10. The molecule has 0 unspecified atom stereocenters. The SMILES string of the molecule is COc1ccc([C@@]23CC[C@H](NC(=O)Nc4cc(F)cc(C(F)(F)F)c4)C[C@H]2N(C2CCC2)CC3)cc1OC. The van der Waals surface area contributed by atoms with E-state index in [1.807, 2.05) is 6.07 Å². The van der Waals surface area contributed by atoms with Gasteiger partial charge in [0.25, 0.3) is 0 Å². The number of nitrogens with zero attached hydrogens (tertiary/aromatic N) is 1. The van der Waals surface area contributed by atoms with Crippen molar-refractivity contribution in [1.82, 2.24) is 10.2 Å². The summed E-state index contributed by atoms with van der Waals surface area (Å²) in [5.41, 5.74) is -0.271. The van der Waals surface area contributed by atoms with Crippen LogP contribution in [0.15, 0.2) is 36.4 Å². The lowest BCUT2D eigenvalue weighted by molar-refractivity contribution is -0.137.